The van der Waals surface area contributed by atoms with Crippen LogP contribution in [0.15, 0.2) is 54.6 Å². The second-order valence-corrected chi connectivity index (χ2v) is 9.28. The SMILES string of the molecule is O=S(=O)(O)C(c1ccc(Cl)cc1)(c1cc(O)ccc1Cl)c1ccc(Cl)c(O)c1Cl. The molecule has 0 saturated carbocycles. The third-order valence-electron chi connectivity index (χ3n) is 4.41. The van der Waals surface area contributed by atoms with Gasteiger partial charge >= 0.3 is 0 Å². The van der Waals surface area contributed by atoms with Gasteiger partial charge in [-0.05, 0) is 42.0 Å². The highest BCUT2D eigenvalue weighted by Crippen LogP contribution is 2.51. The number of rotatable bonds is 4. The fraction of sp³-hybridized carbons (Fsp3) is 0.0526. The molecule has 3 N–H and O–H groups in total. The van der Waals surface area contributed by atoms with Crippen molar-refractivity contribution in [3.05, 3.63) is 91.4 Å². The summed E-state index contributed by atoms with van der Waals surface area (Å²) in [5.74, 6) is -0.884. The van der Waals surface area contributed by atoms with Gasteiger partial charge < -0.3 is 10.2 Å². The molecule has 1 atom stereocenters. The van der Waals surface area contributed by atoms with Gasteiger partial charge in [-0.3, -0.25) is 4.55 Å². The van der Waals surface area contributed by atoms with Gasteiger partial charge in [-0.1, -0.05) is 64.6 Å². The summed E-state index contributed by atoms with van der Waals surface area (Å²) in [5.41, 5.74) is -0.397. The van der Waals surface area contributed by atoms with Crippen LogP contribution in [0, 0.1) is 0 Å². The summed E-state index contributed by atoms with van der Waals surface area (Å²) in [4.78, 5) is 0. The lowest BCUT2D eigenvalue weighted by Gasteiger charge is -2.34. The summed E-state index contributed by atoms with van der Waals surface area (Å²) in [6.45, 7) is 0. The third-order valence-corrected chi connectivity index (χ3v) is 7.13. The van der Waals surface area contributed by atoms with Gasteiger partial charge in [0, 0.05) is 21.2 Å². The average molecular weight is 494 g/mol. The Kier molecular flexibility index (Phi) is 5.98. The number of aromatic hydroxyl groups is 2. The number of phenols is 2. The zero-order chi connectivity index (χ0) is 21.6. The first kappa shape index (κ1) is 22.0. The van der Waals surface area contributed by atoms with Gasteiger partial charge in [-0.15, -0.1) is 0 Å². The van der Waals surface area contributed by atoms with Crippen LogP contribution < -0.4 is 0 Å². The largest absolute Gasteiger partial charge is 0.508 e. The Morgan fingerprint density at radius 1 is 0.759 bits per heavy atom. The van der Waals surface area contributed by atoms with Crippen LogP contribution >= 0.6 is 46.4 Å². The van der Waals surface area contributed by atoms with Gasteiger partial charge in [0.05, 0.1) is 10.0 Å². The number of halogens is 4. The minimum absolute atomic E-state index is 0.0144. The Hall–Kier alpha value is -1.67. The van der Waals surface area contributed by atoms with Crippen LogP contribution in [0.3, 0.4) is 0 Å². The molecule has 0 heterocycles. The lowest BCUT2D eigenvalue weighted by Crippen LogP contribution is -2.38. The zero-order valence-electron chi connectivity index (χ0n) is 14.3. The van der Waals surface area contributed by atoms with Gasteiger partial charge in [-0.25, -0.2) is 0 Å². The quantitative estimate of drug-likeness (QED) is 0.311. The number of hydrogen-bond donors (Lipinski definition) is 3. The maximum Gasteiger partial charge on any atom is 0.283 e. The molecule has 0 aromatic heterocycles. The van der Waals surface area contributed by atoms with Crippen molar-refractivity contribution in [3.63, 3.8) is 0 Å². The molecule has 0 radical (unpaired) electrons. The van der Waals surface area contributed by atoms with E-state index in [4.69, 9.17) is 46.4 Å². The molecule has 10 heteroatoms. The van der Waals surface area contributed by atoms with Crippen molar-refractivity contribution in [2.24, 2.45) is 0 Å². The van der Waals surface area contributed by atoms with Crippen molar-refractivity contribution in [1.29, 1.82) is 0 Å². The first-order valence-corrected chi connectivity index (χ1v) is 10.8. The lowest BCUT2D eigenvalue weighted by molar-refractivity contribution is 0.455. The lowest BCUT2D eigenvalue weighted by atomic mass is 9.83. The first-order chi connectivity index (χ1) is 13.5. The minimum Gasteiger partial charge on any atom is -0.508 e. The van der Waals surface area contributed by atoms with Crippen molar-refractivity contribution in [2.45, 2.75) is 4.75 Å². The molecule has 152 valence electrons. The second kappa shape index (κ2) is 7.87. The molecule has 0 bridgehead atoms. The van der Waals surface area contributed by atoms with E-state index >= 15 is 0 Å². The van der Waals surface area contributed by atoms with E-state index in [1.165, 1.54) is 48.5 Å². The van der Waals surface area contributed by atoms with Crippen LogP contribution in [0.5, 0.6) is 11.5 Å². The van der Waals surface area contributed by atoms with E-state index in [2.05, 4.69) is 0 Å². The first-order valence-electron chi connectivity index (χ1n) is 7.89. The summed E-state index contributed by atoms with van der Waals surface area (Å²) in [7, 11) is -5.07. The molecule has 3 aromatic rings. The molecular weight excluding hydrogens is 482 g/mol. The van der Waals surface area contributed by atoms with Crippen molar-refractivity contribution < 1.29 is 23.2 Å². The smallest absolute Gasteiger partial charge is 0.283 e. The Morgan fingerprint density at radius 2 is 1.34 bits per heavy atom. The molecule has 5 nitrogen and oxygen atoms in total. The van der Waals surface area contributed by atoms with Crippen molar-refractivity contribution >= 4 is 56.5 Å². The second-order valence-electron chi connectivity index (χ2n) is 6.08. The van der Waals surface area contributed by atoms with Gasteiger partial charge in [-0.2, -0.15) is 8.42 Å². The maximum absolute atomic E-state index is 13.0. The topological polar surface area (TPSA) is 94.8 Å². The van der Waals surface area contributed by atoms with E-state index in [0.717, 1.165) is 6.07 Å². The molecule has 1 unspecified atom stereocenters. The van der Waals surface area contributed by atoms with Gasteiger partial charge in [0.1, 0.15) is 5.75 Å². The minimum atomic E-state index is -5.07. The summed E-state index contributed by atoms with van der Waals surface area (Å²) in [6, 6.07) is 11.6. The summed E-state index contributed by atoms with van der Waals surface area (Å²) < 4.78 is 34.0. The van der Waals surface area contributed by atoms with E-state index in [0.29, 0.717) is 5.02 Å². The zero-order valence-corrected chi connectivity index (χ0v) is 18.1. The molecule has 0 amide bonds. The number of hydrogen-bond acceptors (Lipinski definition) is 4. The average Bonchev–Trinajstić information content (AvgIpc) is 2.65. The van der Waals surface area contributed by atoms with Crippen LogP contribution in [-0.2, 0) is 14.9 Å². The Balaban J connectivity index is 2.61. The molecule has 3 rings (SSSR count). The summed E-state index contributed by atoms with van der Waals surface area (Å²) in [6.07, 6.45) is 0. The highest BCUT2D eigenvalue weighted by Gasteiger charge is 2.51. The molecule has 0 aliphatic heterocycles. The Morgan fingerprint density at radius 3 is 1.93 bits per heavy atom. The van der Waals surface area contributed by atoms with Crippen LogP contribution in [0.4, 0.5) is 0 Å². The van der Waals surface area contributed by atoms with Crippen molar-refractivity contribution in [2.75, 3.05) is 0 Å². The van der Waals surface area contributed by atoms with Gasteiger partial charge in [0.2, 0.25) is 0 Å². The van der Waals surface area contributed by atoms with Gasteiger partial charge in [0.15, 0.2) is 10.5 Å². The van der Waals surface area contributed by atoms with Crippen LogP contribution in [0.25, 0.3) is 0 Å². The van der Waals surface area contributed by atoms with E-state index < -0.39 is 25.6 Å². The van der Waals surface area contributed by atoms with Crippen LogP contribution in [-0.4, -0.2) is 23.2 Å². The molecule has 0 aliphatic carbocycles. The van der Waals surface area contributed by atoms with Crippen LogP contribution in [0.1, 0.15) is 16.7 Å². The summed E-state index contributed by atoms with van der Waals surface area (Å²) in [5, 5.41) is 19.9. The maximum atomic E-state index is 13.0. The normalized spacial score (nSPS) is 13.8. The number of benzene rings is 3. The van der Waals surface area contributed by atoms with E-state index in [1.807, 2.05) is 0 Å². The standard InChI is InChI=1S/C19H12Cl4O5S/c20-11-3-1-10(2-4-11)19(29(26,27)28,14-9-12(24)5-7-15(14)21)13-6-8-16(22)18(25)17(13)23/h1-9,24-25H,(H,26,27,28). The highest BCUT2D eigenvalue weighted by atomic mass is 35.5. The monoisotopic (exact) mass is 492 g/mol. The van der Waals surface area contributed by atoms with Crippen LogP contribution in [0.2, 0.25) is 20.1 Å². The highest BCUT2D eigenvalue weighted by molar-refractivity contribution is 7.87. The van der Waals surface area contributed by atoms with Gasteiger partial charge in [0.25, 0.3) is 10.1 Å². The molecule has 29 heavy (non-hydrogen) atoms. The van der Waals surface area contributed by atoms with E-state index in [-0.39, 0.29) is 32.5 Å². The fourth-order valence-corrected chi connectivity index (χ4v) is 5.50. The molecular formula is C19H12Cl4O5S. The molecule has 0 spiro atoms. The Labute approximate surface area is 186 Å². The van der Waals surface area contributed by atoms with Crippen molar-refractivity contribution in [1.82, 2.24) is 0 Å². The Bertz CT molecular complexity index is 1200. The van der Waals surface area contributed by atoms with E-state index in [9.17, 15) is 23.2 Å². The third kappa shape index (κ3) is 3.65. The van der Waals surface area contributed by atoms with Crippen molar-refractivity contribution in [3.8, 4) is 11.5 Å². The molecule has 0 saturated heterocycles. The molecule has 3 aromatic carbocycles. The molecule has 0 fully saturated rings. The predicted octanol–water partition coefficient (Wildman–Crippen LogP) is 5.89. The fourth-order valence-electron chi connectivity index (χ4n) is 3.16. The summed E-state index contributed by atoms with van der Waals surface area (Å²) >= 11 is 24.4. The number of phenolic OH excluding ortho intramolecular Hbond substituents is 2. The van der Waals surface area contributed by atoms with E-state index in [1.54, 1.807) is 0 Å². The molecule has 0 aliphatic rings. The predicted molar refractivity (Wildman–Crippen MR) is 114 cm³/mol.